The summed E-state index contributed by atoms with van der Waals surface area (Å²) in [5, 5.41) is 4.67. The Morgan fingerprint density at radius 3 is 2.88 bits per heavy atom. The standard InChI is InChI=1S/C19H21N5/c1-2-18-21-19-20-11-15-16-9-8-14(10-17(15)24(19)22-18)23(16)12-13-6-4-3-5-7-13/h3-7,11,14,16H,2,8-10,12H2,1H3/t14-,16-/m1/s1. The van der Waals surface area contributed by atoms with Gasteiger partial charge in [0.15, 0.2) is 5.82 Å². The third-order valence-electron chi connectivity index (χ3n) is 5.50. The van der Waals surface area contributed by atoms with Gasteiger partial charge in [-0.05, 0) is 18.4 Å². The van der Waals surface area contributed by atoms with Crippen molar-refractivity contribution in [1.29, 1.82) is 0 Å². The summed E-state index contributed by atoms with van der Waals surface area (Å²) in [6, 6.07) is 11.8. The van der Waals surface area contributed by atoms with Crippen LogP contribution in [0.1, 0.15) is 48.5 Å². The van der Waals surface area contributed by atoms with E-state index in [1.165, 1.54) is 29.7 Å². The lowest BCUT2D eigenvalue weighted by Crippen LogP contribution is -2.38. The molecule has 4 heterocycles. The van der Waals surface area contributed by atoms with E-state index < -0.39 is 0 Å². The van der Waals surface area contributed by atoms with Crippen LogP contribution in [0, 0.1) is 0 Å². The molecule has 2 bridgehead atoms. The van der Waals surface area contributed by atoms with Crippen molar-refractivity contribution < 1.29 is 0 Å². The second-order valence-electron chi connectivity index (χ2n) is 6.86. The molecule has 2 aliphatic heterocycles. The summed E-state index contributed by atoms with van der Waals surface area (Å²) < 4.78 is 2.00. The highest BCUT2D eigenvalue weighted by Crippen LogP contribution is 2.44. The fourth-order valence-corrected chi connectivity index (χ4v) is 4.31. The molecule has 2 aromatic heterocycles. The van der Waals surface area contributed by atoms with Crippen LogP contribution in [0.2, 0.25) is 0 Å². The van der Waals surface area contributed by atoms with Crippen LogP contribution >= 0.6 is 0 Å². The van der Waals surface area contributed by atoms with Gasteiger partial charge in [-0.25, -0.2) is 9.50 Å². The lowest BCUT2D eigenvalue weighted by molar-refractivity contribution is 0.165. The van der Waals surface area contributed by atoms with E-state index >= 15 is 0 Å². The van der Waals surface area contributed by atoms with Gasteiger partial charge in [-0.15, -0.1) is 5.10 Å². The molecular weight excluding hydrogens is 298 g/mol. The molecule has 1 aromatic carbocycles. The van der Waals surface area contributed by atoms with Crippen molar-refractivity contribution in [2.75, 3.05) is 0 Å². The smallest absolute Gasteiger partial charge is 0.252 e. The Kier molecular flexibility index (Phi) is 3.16. The van der Waals surface area contributed by atoms with Crippen molar-refractivity contribution in [1.82, 2.24) is 24.5 Å². The van der Waals surface area contributed by atoms with Crippen LogP contribution in [0.5, 0.6) is 0 Å². The molecule has 0 unspecified atom stereocenters. The van der Waals surface area contributed by atoms with Crippen molar-refractivity contribution >= 4 is 5.78 Å². The van der Waals surface area contributed by atoms with Crippen molar-refractivity contribution in [2.45, 2.75) is 51.2 Å². The van der Waals surface area contributed by atoms with Crippen molar-refractivity contribution in [3.8, 4) is 0 Å². The number of benzene rings is 1. The molecule has 0 spiro atoms. The van der Waals surface area contributed by atoms with Gasteiger partial charge in [0, 0.05) is 43.2 Å². The third-order valence-corrected chi connectivity index (χ3v) is 5.50. The topological polar surface area (TPSA) is 46.3 Å². The van der Waals surface area contributed by atoms with Crippen molar-refractivity contribution in [3.05, 3.63) is 59.2 Å². The first kappa shape index (κ1) is 14.1. The molecule has 5 rings (SSSR count). The highest BCUT2D eigenvalue weighted by Gasteiger charge is 2.41. The molecule has 5 heteroatoms. The lowest BCUT2D eigenvalue weighted by atomic mass is 9.98. The monoisotopic (exact) mass is 319 g/mol. The number of rotatable bonds is 3. The van der Waals surface area contributed by atoms with Gasteiger partial charge in [-0.1, -0.05) is 37.3 Å². The van der Waals surface area contributed by atoms with Gasteiger partial charge in [-0.2, -0.15) is 4.98 Å². The van der Waals surface area contributed by atoms with E-state index in [1.807, 2.05) is 10.7 Å². The number of aromatic nitrogens is 4. The summed E-state index contributed by atoms with van der Waals surface area (Å²) in [6.45, 7) is 3.11. The molecule has 0 aliphatic carbocycles. The minimum Gasteiger partial charge on any atom is -0.289 e. The molecule has 1 saturated heterocycles. The van der Waals surface area contributed by atoms with Crippen LogP contribution in [0.15, 0.2) is 36.5 Å². The SMILES string of the molecule is CCc1nc2ncc3c(n2n1)C[C@H]1CC[C@H]3N1Cc1ccccc1. The average Bonchev–Trinajstić information content (AvgIpc) is 3.16. The van der Waals surface area contributed by atoms with Gasteiger partial charge < -0.3 is 0 Å². The van der Waals surface area contributed by atoms with E-state index in [2.05, 4.69) is 57.2 Å². The van der Waals surface area contributed by atoms with E-state index in [9.17, 15) is 0 Å². The van der Waals surface area contributed by atoms with Crippen LogP contribution < -0.4 is 0 Å². The fourth-order valence-electron chi connectivity index (χ4n) is 4.31. The van der Waals surface area contributed by atoms with E-state index in [1.54, 1.807) is 0 Å². The molecule has 5 nitrogen and oxygen atoms in total. The first-order valence-corrected chi connectivity index (χ1v) is 8.86. The Morgan fingerprint density at radius 2 is 2.04 bits per heavy atom. The molecular formula is C19H21N5. The van der Waals surface area contributed by atoms with Crippen LogP contribution in [-0.2, 0) is 19.4 Å². The number of fused-ring (bicyclic) bond motifs is 6. The first-order valence-electron chi connectivity index (χ1n) is 8.86. The number of hydrogen-bond acceptors (Lipinski definition) is 4. The van der Waals surface area contributed by atoms with Gasteiger partial charge in [0.25, 0.3) is 5.78 Å². The Morgan fingerprint density at radius 1 is 1.17 bits per heavy atom. The predicted octanol–water partition coefficient (Wildman–Crippen LogP) is 2.95. The first-order chi connectivity index (χ1) is 11.8. The van der Waals surface area contributed by atoms with E-state index in [0.29, 0.717) is 12.1 Å². The van der Waals surface area contributed by atoms with E-state index in [-0.39, 0.29) is 0 Å². The summed E-state index contributed by atoms with van der Waals surface area (Å²) >= 11 is 0. The number of hydrogen-bond donors (Lipinski definition) is 0. The molecule has 0 saturated carbocycles. The minimum atomic E-state index is 0.463. The summed E-state index contributed by atoms with van der Waals surface area (Å²) in [6.07, 6.45) is 6.41. The van der Waals surface area contributed by atoms with Gasteiger partial charge in [-0.3, -0.25) is 4.90 Å². The Labute approximate surface area is 141 Å². The van der Waals surface area contributed by atoms with Crippen LogP contribution in [-0.4, -0.2) is 30.5 Å². The Bertz CT molecular complexity index is 885. The highest BCUT2D eigenvalue weighted by molar-refractivity contribution is 5.38. The zero-order valence-electron chi connectivity index (χ0n) is 13.9. The fraction of sp³-hybridized carbons (Fsp3) is 0.421. The largest absolute Gasteiger partial charge is 0.289 e. The number of aryl methyl sites for hydroxylation is 1. The Hall–Kier alpha value is -2.27. The maximum atomic E-state index is 4.67. The molecule has 0 radical (unpaired) electrons. The van der Waals surface area contributed by atoms with Gasteiger partial charge >= 0.3 is 0 Å². The molecule has 1 fully saturated rings. The van der Waals surface area contributed by atoms with Crippen LogP contribution in [0.25, 0.3) is 5.78 Å². The second-order valence-corrected chi connectivity index (χ2v) is 6.86. The molecule has 0 amide bonds. The van der Waals surface area contributed by atoms with Crippen molar-refractivity contribution in [2.24, 2.45) is 0 Å². The molecule has 122 valence electrons. The summed E-state index contributed by atoms with van der Waals surface area (Å²) in [5.41, 5.74) is 4.06. The summed E-state index contributed by atoms with van der Waals surface area (Å²) in [4.78, 5) is 11.8. The average molecular weight is 319 g/mol. The van der Waals surface area contributed by atoms with Gasteiger partial charge in [0.05, 0.1) is 5.69 Å². The quantitative estimate of drug-likeness (QED) is 0.744. The normalized spacial score (nSPS) is 22.9. The molecule has 24 heavy (non-hydrogen) atoms. The zero-order chi connectivity index (χ0) is 16.1. The Balaban J connectivity index is 1.55. The second kappa shape index (κ2) is 5.38. The molecule has 3 aromatic rings. The summed E-state index contributed by atoms with van der Waals surface area (Å²) in [7, 11) is 0. The van der Waals surface area contributed by atoms with Gasteiger partial charge in [0.2, 0.25) is 0 Å². The van der Waals surface area contributed by atoms with Crippen molar-refractivity contribution in [3.63, 3.8) is 0 Å². The van der Waals surface area contributed by atoms with Crippen LogP contribution in [0.3, 0.4) is 0 Å². The minimum absolute atomic E-state index is 0.463. The van der Waals surface area contributed by atoms with Crippen LogP contribution in [0.4, 0.5) is 0 Å². The molecule has 2 aliphatic rings. The van der Waals surface area contributed by atoms with E-state index in [4.69, 9.17) is 0 Å². The zero-order valence-corrected chi connectivity index (χ0v) is 13.9. The number of nitrogens with zero attached hydrogens (tertiary/aromatic N) is 5. The molecule has 0 N–H and O–H groups in total. The third kappa shape index (κ3) is 2.08. The summed E-state index contributed by atoms with van der Waals surface area (Å²) in [5.74, 6) is 1.64. The maximum absolute atomic E-state index is 4.67. The maximum Gasteiger partial charge on any atom is 0.252 e. The lowest BCUT2D eigenvalue weighted by Gasteiger charge is -2.36. The predicted molar refractivity (Wildman–Crippen MR) is 91.6 cm³/mol. The van der Waals surface area contributed by atoms with Gasteiger partial charge in [0.1, 0.15) is 0 Å². The van der Waals surface area contributed by atoms with E-state index in [0.717, 1.165) is 31.0 Å². The molecule has 2 atom stereocenters. The highest BCUT2D eigenvalue weighted by atomic mass is 15.3.